The number of hydrogen-bond donors (Lipinski definition) is 1. The van der Waals surface area contributed by atoms with Crippen molar-refractivity contribution in [2.45, 2.75) is 59.0 Å². The molecule has 0 aliphatic heterocycles. The second-order valence-electron chi connectivity index (χ2n) is 6.80. The van der Waals surface area contributed by atoms with E-state index in [-0.39, 0.29) is 23.9 Å². The predicted molar refractivity (Wildman–Crippen MR) is 96.9 cm³/mol. The van der Waals surface area contributed by atoms with Gasteiger partial charge in [0.1, 0.15) is 0 Å². The van der Waals surface area contributed by atoms with Crippen LogP contribution in [0.3, 0.4) is 0 Å². The van der Waals surface area contributed by atoms with Crippen molar-refractivity contribution in [2.24, 2.45) is 5.92 Å². The molecule has 2 rings (SSSR count). The zero-order chi connectivity index (χ0) is 17.5. The van der Waals surface area contributed by atoms with Crippen LogP contribution < -0.4 is 10.9 Å². The van der Waals surface area contributed by atoms with Crippen LogP contribution in [0.15, 0.2) is 35.4 Å². The van der Waals surface area contributed by atoms with Crippen LogP contribution >= 0.6 is 0 Å². The highest BCUT2D eigenvalue weighted by molar-refractivity contribution is 5.77. The molecule has 1 aromatic heterocycles. The summed E-state index contributed by atoms with van der Waals surface area (Å²) in [4.78, 5) is 28.7. The third kappa shape index (κ3) is 5.18. The lowest BCUT2D eigenvalue weighted by Gasteiger charge is -2.15. The predicted octanol–water partition coefficient (Wildman–Crippen LogP) is 3.12. The summed E-state index contributed by atoms with van der Waals surface area (Å²) >= 11 is 0. The van der Waals surface area contributed by atoms with E-state index in [9.17, 15) is 9.59 Å². The Labute approximate surface area is 143 Å². The largest absolute Gasteiger partial charge is 0.354 e. The van der Waals surface area contributed by atoms with Gasteiger partial charge in [0, 0.05) is 19.0 Å². The van der Waals surface area contributed by atoms with Crippen molar-refractivity contribution in [3.63, 3.8) is 0 Å². The summed E-state index contributed by atoms with van der Waals surface area (Å²) < 4.78 is 1.51. The van der Waals surface area contributed by atoms with E-state index in [4.69, 9.17) is 0 Å². The highest BCUT2D eigenvalue weighted by atomic mass is 16.2. The maximum atomic E-state index is 12.4. The molecule has 1 amide bonds. The number of carbonyl (C=O) groups excluding carboxylic acids is 1. The quantitative estimate of drug-likeness (QED) is 0.809. The van der Waals surface area contributed by atoms with E-state index in [0.29, 0.717) is 23.4 Å². The SMILES string of the molecule is CC(C)CCC[C@@H](C)NC(=O)CCn1cnc2ccccc2c1=O. The highest BCUT2D eigenvalue weighted by Gasteiger charge is 2.09. The van der Waals surface area contributed by atoms with Crippen LogP contribution in [0.5, 0.6) is 0 Å². The molecule has 1 aromatic carbocycles. The molecule has 0 aliphatic carbocycles. The van der Waals surface area contributed by atoms with E-state index in [2.05, 4.69) is 24.1 Å². The summed E-state index contributed by atoms with van der Waals surface area (Å²) in [6.45, 7) is 6.79. The second-order valence-corrected chi connectivity index (χ2v) is 6.80. The first-order chi connectivity index (χ1) is 11.5. The first-order valence-corrected chi connectivity index (χ1v) is 8.71. The molecule has 5 nitrogen and oxygen atoms in total. The van der Waals surface area contributed by atoms with Crippen molar-refractivity contribution in [1.29, 1.82) is 0 Å². The Morgan fingerprint density at radius 3 is 2.71 bits per heavy atom. The van der Waals surface area contributed by atoms with Gasteiger partial charge in [-0.05, 0) is 31.4 Å². The zero-order valence-corrected chi connectivity index (χ0v) is 14.8. The summed E-state index contributed by atoms with van der Waals surface area (Å²) in [7, 11) is 0. The Hall–Kier alpha value is -2.17. The molecule has 1 atom stereocenters. The van der Waals surface area contributed by atoms with E-state index in [0.717, 1.165) is 12.8 Å². The van der Waals surface area contributed by atoms with Crippen LogP contribution in [0.1, 0.15) is 46.5 Å². The fourth-order valence-electron chi connectivity index (χ4n) is 2.74. The molecule has 0 saturated carbocycles. The van der Waals surface area contributed by atoms with Gasteiger partial charge in [0.2, 0.25) is 5.91 Å². The van der Waals surface area contributed by atoms with E-state index in [1.165, 1.54) is 17.3 Å². The van der Waals surface area contributed by atoms with Crippen LogP contribution in [-0.2, 0) is 11.3 Å². The summed E-state index contributed by atoms with van der Waals surface area (Å²) in [5.74, 6) is 0.673. The normalized spacial score (nSPS) is 12.5. The number of hydrogen-bond acceptors (Lipinski definition) is 3. The van der Waals surface area contributed by atoms with Crippen LogP contribution in [0, 0.1) is 5.92 Å². The van der Waals surface area contributed by atoms with Gasteiger partial charge in [0.15, 0.2) is 0 Å². The highest BCUT2D eigenvalue weighted by Crippen LogP contribution is 2.08. The topological polar surface area (TPSA) is 64.0 Å². The maximum Gasteiger partial charge on any atom is 0.261 e. The molecule has 0 spiro atoms. The van der Waals surface area contributed by atoms with Crippen molar-refractivity contribution >= 4 is 16.8 Å². The van der Waals surface area contributed by atoms with Gasteiger partial charge in [-0.3, -0.25) is 14.2 Å². The summed E-state index contributed by atoms with van der Waals surface area (Å²) in [6, 6.07) is 7.42. The summed E-state index contributed by atoms with van der Waals surface area (Å²) in [5.41, 5.74) is 0.584. The molecular formula is C19H27N3O2. The van der Waals surface area contributed by atoms with Crippen molar-refractivity contribution < 1.29 is 4.79 Å². The minimum Gasteiger partial charge on any atom is -0.354 e. The number of aromatic nitrogens is 2. The zero-order valence-electron chi connectivity index (χ0n) is 14.8. The van der Waals surface area contributed by atoms with Gasteiger partial charge in [-0.1, -0.05) is 38.8 Å². The Balaban J connectivity index is 1.86. The van der Waals surface area contributed by atoms with E-state index >= 15 is 0 Å². The Morgan fingerprint density at radius 1 is 1.21 bits per heavy atom. The molecule has 0 radical (unpaired) electrons. The molecule has 0 unspecified atom stereocenters. The van der Waals surface area contributed by atoms with Gasteiger partial charge in [-0.25, -0.2) is 4.98 Å². The van der Waals surface area contributed by atoms with Crippen LogP contribution in [0.4, 0.5) is 0 Å². The number of benzene rings is 1. The Morgan fingerprint density at radius 2 is 1.96 bits per heavy atom. The number of nitrogens with one attached hydrogen (secondary N) is 1. The molecule has 1 N–H and O–H groups in total. The molecule has 2 aromatic rings. The second kappa shape index (κ2) is 8.62. The molecule has 1 heterocycles. The van der Waals surface area contributed by atoms with Gasteiger partial charge < -0.3 is 5.32 Å². The average Bonchev–Trinajstić information content (AvgIpc) is 2.54. The number of carbonyl (C=O) groups is 1. The van der Waals surface area contributed by atoms with Crippen molar-refractivity contribution in [1.82, 2.24) is 14.9 Å². The summed E-state index contributed by atoms with van der Waals surface area (Å²) in [5, 5.41) is 3.59. The number of aryl methyl sites for hydroxylation is 1. The van der Waals surface area contributed by atoms with Crippen molar-refractivity contribution in [3.8, 4) is 0 Å². The number of fused-ring (bicyclic) bond motifs is 1. The van der Waals surface area contributed by atoms with Crippen molar-refractivity contribution in [3.05, 3.63) is 40.9 Å². The molecule has 130 valence electrons. The van der Waals surface area contributed by atoms with Crippen LogP contribution in [-0.4, -0.2) is 21.5 Å². The van der Waals surface area contributed by atoms with Gasteiger partial charge in [0.25, 0.3) is 5.56 Å². The maximum absolute atomic E-state index is 12.4. The molecule has 0 bridgehead atoms. The smallest absolute Gasteiger partial charge is 0.261 e. The Bertz CT molecular complexity index is 737. The molecule has 24 heavy (non-hydrogen) atoms. The third-order valence-electron chi connectivity index (χ3n) is 4.14. The van der Waals surface area contributed by atoms with Gasteiger partial charge in [-0.2, -0.15) is 0 Å². The van der Waals surface area contributed by atoms with Crippen LogP contribution in [0.2, 0.25) is 0 Å². The number of amides is 1. The van der Waals surface area contributed by atoms with Gasteiger partial charge in [-0.15, -0.1) is 0 Å². The van der Waals surface area contributed by atoms with E-state index in [1.54, 1.807) is 6.07 Å². The molecule has 0 fully saturated rings. The van der Waals surface area contributed by atoms with E-state index < -0.39 is 0 Å². The Kier molecular flexibility index (Phi) is 6.53. The van der Waals surface area contributed by atoms with E-state index in [1.807, 2.05) is 25.1 Å². The fourth-order valence-corrected chi connectivity index (χ4v) is 2.74. The average molecular weight is 329 g/mol. The standard InChI is InChI=1S/C19H27N3O2/c1-14(2)7-6-8-15(3)21-18(23)11-12-22-13-20-17-10-5-4-9-16(17)19(22)24/h4-5,9-10,13-15H,6-8,11-12H2,1-3H3,(H,21,23)/t15-/m1/s1. The monoisotopic (exact) mass is 329 g/mol. The van der Waals surface area contributed by atoms with Crippen LogP contribution in [0.25, 0.3) is 10.9 Å². The number of rotatable bonds is 8. The van der Waals surface area contributed by atoms with Gasteiger partial charge in [0.05, 0.1) is 17.2 Å². The lowest BCUT2D eigenvalue weighted by molar-refractivity contribution is -0.121. The fraction of sp³-hybridized carbons (Fsp3) is 0.526. The first kappa shape index (κ1) is 18.2. The lowest BCUT2D eigenvalue weighted by Crippen LogP contribution is -2.34. The number of para-hydroxylation sites is 1. The lowest BCUT2D eigenvalue weighted by atomic mass is 10.0. The first-order valence-electron chi connectivity index (χ1n) is 8.71. The van der Waals surface area contributed by atoms with Crippen molar-refractivity contribution in [2.75, 3.05) is 0 Å². The molecule has 5 heteroatoms. The number of nitrogens with zero attached hydrogens (tertiary/aromatic N) is 2. The third-order valence-corrected chi connectivity index (χ3v) is 4.14. The molecule has 0 saturated heterocycles. The summed E-state index contributed by atoms with van der Waals surface area (Å²) in [6.07, 6.45) is 5.09. The van der Waals surface area contributed by atoms with Gasteiger partial charge >= 0.3 is 0 Å². The minimum absolute atomic E-state index is 0.0212. The molecular weight excluding hydrogens is 302 g/mol. The molecule has 0 aliphatic rings. The minimum atomic E-state index is -0.0987.